The third-order valence-electron chi connectivity index (χ3n) is 3.27. The Bertz CT molecular complexity index is 575. The van der Waals surface area contributed by atoms with Crippen molar-refractivity contribution in [1.29, 1.82) is 0 Å². The monoisotopic (exact) mass is 251 g/mol. The summed E-state index contributed by atoms with van der Waals surface area (Å²) < 4.78 is 25.9. The molecule has 3 rings (SSSR count). The predicted molar refractivity (Wildman–Crippen MR) is 64.7 cm³/mol. The van der Waals surface area contributed by atoms with E-state index in [-0.39, 0.29) is 24.0 Å². The molecule has 4 nitrogen and oxygen atoms in total. The van der Waals surface area contributed by atoms with E-state index < -0.39 is 10.0 Å². The number of para-hydroxylation sites is 1. The number of Topliss-reactive ketones (excluding diaryl/α,β-unsaturated/α-hetero) is 1. The molecule has 90 valence electrons. The van der Waals surface area contributed by atoms with Gasteiger partial charge in [-0.2, -0.15) is 0 Å². The van der Waals surface area contributed by atoms with E-state index in [0.29, 0.717) is 11.3 Å². The first-order valence-corrected chi connectivity index (χ1v) is 7.25. The average Bonchev–Trinajstić information content (AvgIpc) is 3.13. The van der Waals surface area contributed by atoms with Crippen molar-refractivity contribution >= 4 is 21.5 Å². The first-order valence-electron chi connectivity index (χ1n) is 5.74. The molecule has 0 aromatic heterocycles. The fourth-order valence-corrected chi connectivity index (χ4v) is 4.07. The van der Waals surface area contributed by atoms with Crippen molar-refractivity contribution in [3.63, 3.8) is 0 Å². The molecule has 0 N–H and O–H groups in total. The molecule has 1 saturated carbocycles. The molecule has 1 heterocycles. The van der Waals surface area contributed by atoms with Gasteiger partial charge in [-0.05, 0) is 25.0 Å². The standard InChI is InChI=1S/C12H13NO3S/c14-12-7-8-13(17(15,16)9-5-6-9)11-4-2-1-3-10(11)12/h1-4,9H,5-8H2. The lowest BCUT2D eigenvalue weighted by molar-refractivity contribution is 0.0982. The minimum atomic E-state index is -3.24. The molecule has 1 aliphatic heterocycles. The molecule has 17 heavy (non-hydrogen) atoms. The van der Waals surface area contributed by atoms with Crippen LogP contribution in [0.25, 0.3) is 0 Å². The maximum absolute atomic E-state index is 12.2. The molecule has 1 aromatic carbocycles. The summed E-state index contributed by atoms with van der Waals surface area (Å²) in [6.07, 6.45) is 1.77. The number of anilines is 1. The molecule has 2 aliphatic rings. The maximum Gasteiger partial charge on any atom is 0.238 e. The molecule has 0 bridgehead atoms. The van der Waals surface area contributed by atoms with Gasteiger partial charge in [0.15, 0.2) is 5.78 Å². The quantitative estimate of drug-likeness (QED) is 0.801. The van der Waals surface area contributed by atoms with Crippen LogP contribution < -0.4 is 4.31 Å². The molecule has 0 spiro atoms. The minimum Gasteiger partial charge on any atom is -0.294 e. The molecule has 0 amide bonds. The lowest BCUT2D eigenvalue weighted by Crippen LogP contribution is -2.39. The summed E-state index contributed by atoms with van der Waals surface area (Å²) in [6, 6.07) is 6.95. The Balaban J connectivity index is 2.09. The van der Waals surface area contributed by atoms with Crippen LogP contribution in [0.3, 0.4) is 0 Å². The maximum atomic E-state index is 12.2. The van der Waals surface area contributed by atoms with Crippen LogP contribution in [-0.4, -0.2) is 26.0 Å². The highest BCUT2D eigenvalue weighted by molar-refractivity contribution is 7.93. The number of benzene rings is 1. The van der Waals surface area contributed by atoms with Crippen molar-refractivity contribution in [2.24, 2.45) is 0 Å². The Kier molecular flexibility index (Phi) is 2.26. The second-order valence-corrected chi connectivity index (χ2v) is 6.64. The van der Waals surface area contributed by atoms with E-state index in [1.165, 1.54) is 4.31 Å². The highest BCUT2D eigenvalue weighted by atomic mass is 32.2. The van der Waals surface area contributed by atoms with Crippen LogP contribution in [0.5, 0.6) is 0 Å². The summed E-state index contributed by atoms with van der Waals surface area (Å²) in [5, 5.41) is -0.233. The number of rotatable bonds is 2. The lowest BCUT2D eigenvalue weighted by atomic mass is 10.0. The van der Waals surface area contributed by atoms with Crippen LogP contribution in [-0.2, 0) is 10.0 Å². The molecular weight excluding hydrogens is 238 g/mol. The SMILES string of the molecule is O=C1CCN(S(=O)(=O)C2CC2)c2ccccc21. The topological polar surface area (TPSA) is 54.5 Å². The van der Waals surface area contributed by atoms with Gasteiger partial charge in [-0.1, -0.05) is 12.1 Å². The van der Waals surface area contributed by atoms with E-state index in [2.05, 4.69) is 0 Å². The first kappa shape index (κ1) is 10.8. The normalized spacial score (nSPS) is 20.2. The van der Waals surface area contributed by atoms with E-state index in [9.17, 15) is 13.2 Å². The van der Waals surface area contributed by atoms with E-state index >= 15 is 0 Å². The van der Waals surface area contributed by atoms with Gasteiger partial charge in [-0.15, -0.1) is 0 Å². The highest BCUT2D eigenvalue weighted by Crippen LogP contribution is 2.36. The molecule has 5 heteroatoms. The van der Waals surface area contributed by atoms with Gasteiger partial charge in [0.1, 0.15) is 0 Å². The van der Waals surface area contributed by atoms with Crippen LogP contribution >= 0.6 is 0 Å². The fraction of sp³-hybridized carbons (Fsp3) is 0.417. The zero-order valence-electron chi connectivity index (χ0n) is 9.30. The number of carbonyl (C=O) groups is 1. The third-order valence-corrected chi connectivity index (χ3v) is 5.58. The van der Waals surface area contributed by atoms with E-state index in [1.807, 2.05) is 0 Å². The van der Waals surface area contributed by atoms with Gasteiger partial charge < -0.3 is 0 Å². The zero-order valence-corrected chi connectivity index (χ0v) is 10.1. The van der Waals surface area contributed by atoms with Crippen molar-refractivity contribution in [2.75, 3.05) is 10.8 Å². The second-order valence-electron chi connectivity index (χ2n) is 4.51. The summed E-state index contributed by atoms with van der Waals surface area (Å²) in [5.74, 6) is 0.0304. The van der Waals surface area contributed by atoms with Crippen molar-refractivity contribution in [1.82, 2.24) is 0 Å². The van der Waals surface area contributed by atoms with Crippen molar-refractivity contribution in [3.05, 3.63) is 29.8 Å². The van der Waals surface area contributed by atoms with Crippen molar-refractivity contribution in [2.45, 2.75) is 24.5 Å². The zero-order chi connectivity index (χ0) is 12.0. The smallest absolute Gasteiger partial charge is 0.238 e. The Morgan fingerprint density at radius 1 is 1.18 bits per heavy atom. The first-order chi connectivity index (χ1) is 8.10. The number of carbonyl (C=O) groups excluding carboxylic acids is 1. The number of ketones is 1. The molecular formula is C12H13NO3S. The molecule has 1 aromatic rings. The lowest BCUT2D eigenvalue weighted by Gasteiger charge is -2.29. The molecule has 0 unspecified atom stereocenters. The minimum absolute atomic E-state index is 0.0304. The molecule has 1 fully saturated rings. The van der Waals surface area contributed by atoms with Gasteiger partial charge in [-0.3, -0.25) is 9.10 Å². The molecule has 0 saturated heterocycles. The van der Waals surface area contributed by atoms with Gasteiger partial charge in [0.25, 0.3) is 0 Å². The third kappa shape index (κ3) is 1.65. The van der Waals surface area contributed by atoms with Crippen LogP contribution in [0.2, 0.25) is 0 Å². The largest absolute Gasteiger partial charge is 0.294 e. The summed E-state index contributed by atoms with van der Waals surface area (Å²) in [6.45, 7) is 0.286. The van der Waals surface area contributed by atoms with Crippen molar-refractivity contribution in [3.8, 4) is 0 Å². The number of nitrogens with zero attached hydrogens (tertiary/aromatic N) is 1. The Morgan fingerprint density at radius 3 is 2.59 bits per heavy atom. The van der Waals surface area contributed by atoms with Gasteiger partial charge in [0.05, 0.1) is 10.9 Å². The Labute approximate surface area is 100 Å². The number of hydrogen-bond donors (Lipinski definition) is 0. The fourth-order valence-electron chi connectivity index (χ4n) is 2.20. The highest BCUT2D eigenvalue weighted by Gasteiger charge is 2.42. The Hall–Kier alpha value is -1.36. The van der Waals surface area contributed by atoms with E-state index in [1.54, 1.807) is 24.3 Å². The summed E-state index contributed by atoms with van der Waals surface area (Å²) in [7, 11) is -3.24. The van der Waals surface area contributed by atoms with Crippen LogP contribution in [0.1, 0.15) is 29.6 Å². The van der Waals surface area contributed by atoms with Gasteiger partial charge in [0.2, 0.25) is 10.0 Å². The van der Waals surface area contributed by atoms with E-state index in [4.69, 9.17) is 0 Å². The van der Waals surface area contributed by atoms with Crippen LogP contribution in [0.15, 0.2) is 24.3 Å². The summed E-state index contributed by atoms with van der Waals surface area (Å²) in [4.78, 5) is 11.7. The summed E-state index contributed by atoms with van der Waals surface area (Å²) >= 11 is 0. The van der Waals surface area contributed by atoms with Crippen LogP contribution in [0.4, 0.5) is 5.69 Å². The number of hydrogen-bond acceptors (Lipinski definition) is 3. The molecule has 0 radical (unpaired) electrons. The Morgan fingerprint density at radius 2 is 1.88 bits per heavy atom. The van der Waals surface area contributed by atoms with Gasteiger partial charge >= 0.3 is 0 Å². The summed E-state index contributed by atoms with van der Waals surface area (Å²) in [5.41, 5.74) is 1.08. The number of fused-ring (bicyclic) bond motifs is 1. The molecule has 0 atom stereocenters. The number of sulfonamides is 1. The van der Waals surface area contributed by atoms with Crippen molar-refractivity contribution < 1.29 is 13.2 Å². The average molecular weight is 251 g/mol. The molecule has 1 aliphatic carbocycles. The van der Waals surface area contributed by atoms with Crippen LogP contribution in [0, 0.1) is 0 Å². The van der Waals surface area contributed by atoms with Gasteiger partial charge in [0, 0.05) is 18.5 Å². The van der Waals surface area contributed by atoms with E-state index in [0.717, 1.165) is 12.8 Å². The van der Waals surface area contributed by atoms with Gasteiger partial charge in [-0.25, -0.2) is 8.42 Å². The second kappa shape index (κ2) is 3.57. The predicted octanol–water partition coefficient (Wildman–Crippen LogP) is 1.57.